The molecule has 2 aromatic rings. The number of carbonyl (C=O) groups excluding carboxylic acids is 1. The largest absolute Gasteiger partial charge is 0.433 e. The van der Waals surface area contributed by atoms with Crippen molar-refractivity contribution in [2.45, 2.75) is 20.4 Å². The van der Waals surface area contributed by atoms with Gasteiger partial charge in [-0.05, 0) is 26.0 Å². The van der Waals surface area contributed by atoms with Crippen molar-refractivity contribution in [1.82, 2.24) is 15.1 Å². The summed E-state index contributed by atoms with van der Waals surface area (Å²) in [6.45, 7) is 3.61. The summed E-state index contributed by atoms with van der Waals surface area (Å²) in [4.78, 5) is 31.9. The van der Waals surface area contributed by atoms with Gasteiger partial charge in [0.2, 0.25) is 5.91 Å². The number of aromatic nitrogens is 2. The Morgan fingerprint density at radius 3 is 2.60 bits per heavy atom. The molecule has 2 rings (SSSR count). The summed E-state index contributed by atoms with van der Waals surface area (Å²) in [5, 5.41) is 28.1. The fourth-order valence-electron chi connectivity index (χ4n) is 2.20. The van der Waals surface area contributed by atoms with Gasteiger partial charge in [-0.3, -0.25) is 29.7 Å². The number of nitrogens with zero attached hydrogens (tertiary/aromatic N) is 4. The number of hydrogen-bond donors (Lipinski definition) is 1. The Morgan fingerprint density at radius 2 is 2.04 bits per heavy atom. The third-order valence-electron chi connectivity index (χ3n) is 3.34. The predicted octanol–water partition coefficient (Wildman–Crippen LogP) is 1.74. The zero-order valence-electron chi connectivity index (χ0n) is 13.5. The highest BCUT2D eigenvalue weighted by molar-refractivity contribution is 5.91. The molecule has 132 valence electrons. The van der Waals surface area contributed by atoms with Crippen LogP contribution in [0.4, 0.5) is 11.6 Å². The molecule has 0 saturated carbocycles. The molecule has 0 unspecified atom stereocenters. The van der Waals surface area contributed by atoms with Gasteiger partial charge in [-0.25, -0.2) is 0 Å². The molecule has 0 bridgehead atoms. The molecule has 2 aromatic heterocycles. The van der Waals surface area contributed by atoms with Crippen LogP contribution in [-0.2, 0) is 11.3 Å². The van der Waals surface area contributed by atoms with Gasteiger partial charge in [-0.2, -0.15) is 5.10 Å². The van der Waals surface area contributed by atoms with Crippen LogP contribution < -0.4 is 5.32 Å². The first-order valence-corrected chi connectivity index (χ1v) is 7.18. The number of aryl methyl sites for hydroxylation is 1. The van der Waals surface area contributed by atoms with E-state index in [0.717, 1.165) is 0 Å². The lowest BCUT2D eigenvalue weighted by molar-refractivity contribution is -0.402. The van der Waals surface area contributed by atoms with Gasteiger partial charge in [0, 0.05) is 12.6 Å². The summed E-state index contributed by atoms with van der Waals surface area (Å²) in [5.74, 6) is -0.669. The van der Waals surface area contributed by atoms with Gasteiger partial charge in [0.05, 0.1) is 17.5 Å². The van der Waals surface area contributed by atoms with Crippen LogP contribution in [0.5, 0.6) is 0 Å². The number of nitrogens with one attached hydrogen (secondary N) is 1. The third-order valence-corrected chi connectivity index (χ3v) is 3.34. The topological polar surface area (TPSA) is 146 Å². The lowest BCUT2D eigenvalue weighted by atomic mass is 10.3. The van der Waals surface area contributed by atoms with Crippen LogP contribution in [-0.4, -0.2) is 32.1 Å². The summed E-state index contributed by atoms with van der Waals surface area (Å²) in [6, 6.07) is 2.56. The Labute approximate surface area is 141 Å². The number of carbonyl (C=O) groups is 1. The molecule has 0 fully saturated rings. The number of amides is 1. The zero-order valence-corrected chi connectivity index (χ0v) is 13.5. The highest BCUT2D eigenvalue weighted by Gasteiger charge is 2.21. The minimum absolute atomic E-state index is 0.0364. The average molecular weight is 349 g/mol. The molecule has 0 aromatic carbocycles. The molecule has 11 heteroatoms. The maximum Gasteiger partial charge on any atom is 0.433 e. The molecule has 25 heavy (non-hydrogen) atoms. The van der Waals surface area contributed by atoms with Crippen molar-refractivity contribution in [3.05, 3.63) is 55.6 Å². The number of hydrogen-bond acceptors (Lipinski definition) is 7. The molecule has 0 aliphatic carbocycles. The van der Waals surface area contributed by atoms with E-state index in [2.05, 4.69) is 10.4 Å². The van der Waals surface area contributed by atoms with Crippen molar-refractivity contribution < 1.29 is 19.1 Å². The van der Waals surface area contributed by atoms with E-state index in [1.807, 2.05) is 0 Å². The first-order chi connectivity index (χ1) is 11.8. The van der Waals surface area contributed by atoms with E-state index >= 15 is 0 Å². The minimum Gasteiger partial charge on any atom is -0.401 e. The Morgan fingerprint density at radius 1 is 1.32 bits per heavy atom. The first-order valence-electron chi connectivity index (χ1n) is 7.18. The minimum atomic E-state index is -0.676. The molecule has 0 atom stereocenters. The summed E-state index contributed by atoms with van der Waals surface area (Å²) < 4.78 is 6.33. The van der Waals surface area contributed by atoms with Crippen molar-refractivity contribution in [2.75, 3.05) is 6.54 Å². The second-order valence-electron chi connectivity index (χ2n) is 5.06. The summed E-state index contributed by atoms with van der Waals surface area (Å²) in [6.07, 6.45) is 2.47. The molecule has 0 aliphatic heterocycles. The Hall–Kier alpha value is -3.50. The van der Waals surface area contributed by atoms with Crippen LogP contribution in [0.15, 0.2) is 22.6 Å². The Bertz CT molecular complexity index is 850. The average Bonchev–Trinajstić information content (AvgIpc) is 3.10. The van der Waals surface area contributed by atoms with E-state index in [-0.39, 0.29) is 24.5 Å². The summed E-state index contributed by atoms with van der Waals surface area (Å²) in [7, 11) is 0. The standard InChI is InChI=1S/C14H15N5O6/c1-9-14(19(23)24)10(2)17(16-9)8-7-15-12(20)5-3-11-4-6-13(25-11)18(21)22/h3-6H,7-8H2,1-2H3,(H,15,20)/b5-3+. The molecular formula is C14H15N5O6. The molecule has 1 N–H and O–H groups in total. The van der Waals surface area contributed by atoms with Crippen LogP contribution in [0.1, 0.15) is 17.1 Å². The van der Waals surface area contributed by atoms with Gasteiger partial charge < -0.3 is 9.73 Å². The van der Waals surface area contributed by atoms with Gasteiger partial charge in [0.25, 0.3) is 0 Å². The smallest absolute Gasteiger partial charge is 0.401 e. The molecule has 11 nitrogen and oxygen atoms in total. The maximum absolute atomic E-state index is 11.7. The van der Waals surface area contributed by atoms with Crippen LogP contribution in [0.3, 0.4) is 0 Å². The monoisotopic (exact) mass is 349 g/mol. The van der Waals surface area contributed by atoms with Gasteiger partial charge in [0.1, 0.15) is 22.1 Å². The van der Waals surface area contributed by atoms with Crippen molar-refractivity contribution in [3.8, 4) is 0 Å². The zero-order chi connectivity index (χ0) is 18.6. The first kappa shape index (κ1) is 17.8. The van der Waals surface area contributed by atoms with Crippen LogP contribution in [0.2, 0.25) is 0 Å². The fourth-order valence-corrected chi connectivity index (χ4v) is 2.20. The third kappa shape index (κ3) is 4.28. The van der Waals surface area contributed by atoms with Crippen LogP contribution in [0, 0.1) is 34.1 Å². The van der Waals surface area contributed by atoms with Crippen LogP contribution >= 0.6 is 0 Å². The van der Waals surface area contributed by atoms with Gasteiger partial charge in [-0.15, -0.1) is 0 Å². The molecular weight excluding hydrogens is 334 g/mol. The van der Waals surface area contributed by atoms with E-state index in [9.17, 15) is 25.0 Å². The number of rotatable bonds is 7. The molecule has 0 saturated heterocycles. The van der Waals surface area contributed by atoms with Gasteiger partial charge in [-0.1, -0.05) is 0 Å². The molecule has 0 spiro atoms. The van der Waals surface area contributed by atoms with Gasteiger partial charge >= 0.3 is 11.6 Å². The van der Waals surface area contributed by atoms with E-state index < -0.39 is 21.6 Å². The fraction of sp³-hybridized carbons (Fsp3) is 0.286. The molecule has 0 aliphatic rings. The van der Waals surface area contributed by atoms with E-state index in [1.165, 1.54) is 29.0 Å². The maximum atomic E-state index is 11.7. The van der Waals surface area contributed by atoms with Crippen molar-refractivity contribution in [3.63, 3.8) is 0 Å². The Kier molecular flexibility index (Phi) is 5.27. The lowest BCUT2D eigenvalue weighted by Crippen LogP contribution is -2.26. The van der Waals surface area contributed by atoms with E-state index in [4.69, 9.17) is 4.42 Å². The molecule has 1 amide bonds. The number of furan rings is 1. The lowest BCUT2D eigenvalue weighted by Gasteiger charge is -2.04. The molecule has 2 heterocycles. The second-order valence-corrected chi connectivity index (χ2v) is 5.06. The summed E-state index contributed by atoms with van der Waals surface area (Å²) in [5.41, 5.74) is 0.689. The SMILES string of the molecule is Cc1nn(CCNC(=O)/C=C/c2ccc([N+](=O)[O-])o2)c(C)c1[N+](=O)[O-]. The number of nitro groups is 2. The highest BCUT2D eigenvalue weighted by atomic mass is 16.6. The summed E-state index contributed by atoms with van der Waals surface area (Å²) >= 11 is 0. The Balaban J connectivity index is 1.88. The molecule has 0 radical (unpaired) electrons. The normalized spacial score (nSPS) is 11.0. The van der Waals surface area contributed by atoms with Gasteiger partial charge in [0.15, 0.2) is 0 Å². The van der Waals surface area contributed by atoms with Crippen molar-refractivity contribution in [2.24, 2.45) is 0 Å². The highest BCUT2D eigenvalue weighted by Crippen LogP contribution is 2.21. The quantitative estimate of drug-likeness (QED) is 0.455. The van der Waals surface area contributed by atoms with Crippen molar-refractivity contribution in [1.29, 1.82) is 0 Å². The van der Waals surface area contributed by atoms with E-state index in [1.54, 1.807) is 13.8 Å². The van der Waals surface area contributed by atoms with Crippen LogP contribution in [0.25, 0.3) is 6.08 Å². The van der Waals surface area contributed by atoms with Crippen molar-refractivity contribution >= 4 is 23.6 Å². The predicted molar refractivity (Wildman–Crippen MR) is 85.8 cm³/mol. The second kappa shape index (κ2) is 7.38. The van der Waals surface area contributed by atoms with E-state index in [0.29, 0.717) is 11.4 Å².